The van der Waals surface area contributed by atoms with E-state index in [-0.39, 0.29) is 6.04 Å². The van der Waals surface area contributed by atoms with Crippen LogP contribution in [0.5, 0.6) is 0 Å². The van der Waals surface area contributed by atoms with Crippen molar-refractivity contribution >= 4 is 17.7 Å². The first kappa shape index (κ1) is 13.8. The number of carbonyl (C=O) groups is 1. The molecule has 0 amide bonds. The van der Waals surface area contributed by atoms with Gasteiger partial charge in [0, 0.05) is 0 Å². The summed E-state index contributed by atoms with van der Waals surface area (Å²) in [5, 5.41) is 12.0. The van der Waals surface area contributed by atoms with E-state index in [0.717, 1.165) is 38.0 Å². The Bertz CT molecular complexity index is 153. The highest BCUT2D eigenvalue weighted by atomic mass is 32.2. The molecule has 0 aromatic heterocycles. The Hall–Kier alpha value is -0.220. The molecule has 2 N–H and O–H groups in total. The lowest BCUT2D eigenvalue weighted by Gasteiger charge is -2.13. The summed E-state index contributed by atoms with van der Waals surface area (Å²) in [6.45, 7) is 2.88. The van der Waals surface area contributed by atoms with E-state index < -0.39 is 5.97 Å². The Morgan fingerprint density at radius 3 is 2.71 bits per heavy atom. The van der Waals surface area contributed by atoms with Gasteiger partial charge in [-0.05, 0) is 31.4 Å². The molecular weight excluding hydrogens is 198 g/mol. The first-order valence-corrected chi connectivity index (χ1v) is 6.56. The van der Waals surface area contributed by atoms with Gasteiger partial charge in [0.25, 0.3) is 0 Å². The summed E-state index contributed by atoms with van der Waals surface area (Å²) >= 11 is 1.79. The molecule has 0 heterocycles. The summed E-state index contributed by atoms with van der Waals surface area (Å²) in [7, 11) is 0. The minimum atomic E-state index is -0.720. The average Bonchev–Trinajstić information content (AvgIpc) is 2.16. The van der Waals surface area contributed by atoms with Crippen LogP contribution in [0.1, 0.15) is 32.6 Å². The fraction of sp³-hybridized carbons (Fsp3) is 0.900. The van der Waals surface area contributed by atoms with Gasteiger partial charge in [-0.2, -0.15) is 11.8 Å². The summed E-state index contributed by atoms with van der Waals surface area (Å²) < 4.78 is 0. The lowest BCUT2D eigenvalue weighted by atomic mass is 10.1. The van der Waals surface area contributed by atoms with Crippen LogP contribution in [0.4, 0.5) is 0 Å². The third-order valence-corrected chi connectivity index (χ3v) is 2.76. The first-order chi connectivity index (χ1) is 6.72. The van der Waals surface area contributed by atoms with Crippen LogP contribution in [0.3, 0.4) is 0 Å². The van der Waals surface area contributed by atoms with Crippen LogP contribution in [0.2, 0.25) is 0 Å². The molecule has 0 saturated carbocycles. The second-order valence-electron chi connectivity index (χ2n) is 3.33. The maximum absolute atomic E-state index is 10.8. The third kappa shape index (κ3) is 7.21. The van der Waals surface area contributed by atoms with Crippen molar-refractivity contribution < 1.29 is 9.90 Å². The summed E-state index contributed by atoms with van der Waals surface area (Å²) in [6, 6.07) is -0.350. The number of hydrogen-bond acceptors (Lipinski definition) is 3. The van der Waals surface area contributed by atoms with Crippen LogP contribution in [0.25, 0.3) is 0 Å². The number of unbranched alkanes of at least 4 members (excludes halogenated alkanes) is 1. The van der Waals surface area contributed by atoms with Crippen LogP contribution < -0.4 is 5.32 Å². The van der Waals surface area contributed by atoms with Crippen molar-refractivity contribution in [2.24, 2.45) is 0 Å². The Morgan fingerprint density at radius 1 is 1.50 bits per heavy atom. The SMILES string of the molecule is CCCCC(NCCCSC)C(=O)O. The summed E-state index contributed by atoms with van der Waals surface area (Å²) in [6.07, 6.45) is 5.87. The number of thioether (sulfide) groups is 1. The third-order valence-electron chi connectivity index (χ3n) is 2.06. The molecule has 0 aromatic rings. The smallest absolute Gasteiger partial charge is 0.320 e. The van der Waals surface area contributed by atoms with E-state index in [1.54, 1.807) is 11.8 Å². The van der Waals surface area contributed by atoms with Gasteiger partial charge >= 0.3 is 5.97 Å². The second kappa shape index (κ2) is 9.34. The summed E-state index contributed by atoms with van der Waals surface area (Å²) in [5.74, 6) is 0.371. The average molecular weight is 219 g/mol. The highest BCUT2D eigenvalue weighted by Gasteiger charge is 2.14. The minimum absolute atomic E-state index is 0.350. The van der Waals surface area contributed by atoms with Gasteiger partial charge in [0.15, 0.2) is 0 Å². The number of rotatable bonds is 9. The van der Waals surface area contributed by atoms with Gasteiger partial charge in [-0.25, -0.2) is 0 Å². The largest absolute Gasteiger partial charge is 0.480 e. The van der Waals surface area contributed by atoms with Gasteiger partial charge in [-0.15, -0.1) is 0 Å². The Kier molecular flexibility index (Phi) is 9.19. The van der Waals surface area contributed by atoms with Gasteiger partial charge in [-0.3, -0.25) is 4.79 Å². The minimum Gasteiger partial charge on any atom is -0.480 e. The molecule has 1 atom stereocenters. The van der Waals surface area contributed by atoms with Crippen LogP contribution >= 0.6 is 11.8 Å². The molecule has 0 aliphatic rings. The molecule has 1 unspecified atom stereocenters. The molecule has 84 valence electrons. The molecule has 0 fully saturated rings. The fourth-order valence-electron chi connectivity index (χ4n) is 1.21. The van der Waals surface area contributed by atoms with E-state index in [1.807, 2.05) is 0 Å². The predicted octanol–water partition coefficient (Wildman–Crippen LogP) is 1.97. The maximum atomic E-state index is 10.8. The Labute approximate surface area is 90.7 Å². The molecule has 0 radical (unpaired) electrons. The van der Waals surface area contributed by atoms with E-state index in [2.05, 4.69) is 18.5 Å². The van der Waals surface area contributed by atoms with Crippen LogP contribution in [0.15, 0.2) is 0 Å². The van der Waals surface area contributed by atoms with Crippen LogP contribution in [-0.4, -0.2) is 35.7 Å². The topological polar surface area (TPSA) is 49.3 Å². The van der Waals surface area contributed by atoms with E-state index in [0.29, 0.717) is 0 Å². The Morgan fingerprint density at radius 2 is 2.21 bits per heavy atom. The normalized spacial score (nSPS) is 12.7. The first-order valence-electron chi connectivity index (χ1n) is 5.17. The van der Waals surface area contributed by atoms with Crippen molar-refractivity contribution in [2.75, 3.05) is 18.6 Å². The lowest BCUT2D eigenvalue weighted by molar-refractivity contribution is -0.139. The zero-order valence-corrected chi connectivity index (χ0v) is 9.90. The van der Waals surface area contributed by atoms with Crippen LogP contribution in [-0.2, 0) is 4.79 Å². The van der Waals surface area contributed by atoms with Gasteiger partial charge < -0.3 is 10.4 Å². The quantitative estimate of drug-likeness (QED) is 0.582. The lowest BCUT2D eigenvalue weighted by Crippen LogP contribution is -2.37. The molecular formula is C10H21NO2S. The molecule has 0 bridgehead atoms. The molecule has 0 saturated heterocycles. The second-order valence-corrected chi connectivity index (χ2v) is 4.32. The number of aliphatic carboxylic acids is 1. The van der Waals surface area contributed by atoms with Crippen molar-refractivity contribution in [3.8, 4) is 0 Å². The van der Waals surface area contributed by atoms with Gasteiger partial charge in [0.05, 0.1) is 0 Å². The molecule has 0 rings (SSSR count). The molecule has 14 heavy (non-hydrogen) atoms. The van der Waals surface area contributed by atoms with Crippen molar-refractivity contribution in [2.45, 2.75) is 38.6 Å². The summed E-state index contributed by atoms with van der Waals surface area (Å²) in [5.41, 5.74) is 0. The molecule has 0 aromatic carbocycles. The van der Waals surface area contributed by atoms with Gasteiger partial charge in [0.2, 0.25) is 0 Å². The van der Waals surface area contributed by atoms with E-state index in [4.69, 9.17) is 5.11 Å². The highest BCUT2D eigenvalue weighted by Crippen LogP contribution is 2.01. The standard InChI is InChI=1S/C10H21NO2S/c1-3-4-6-9(10(12)13)11-7-5-8-14-2/h9,11H,3-8H2,1-2H3,(H,12,13). The van der Waals surface area contributed by atoms with Crippen molar-refractivity contribution in [1.29, 1.82) is 0 Å². The molecule has 0 aliphatic carbocycles. The van der Waals surface area contributed by atoms with E-state index in [9.17, 15) is 4.79 Å². The predicted molar refractivity (Wildman–Crippen MR) is 62.0 cm³/mol. The number of carboxylic acids is 1. The Balaban J connectivity index is 3.57. The van der Waals surface area contributed by atoms with Crippen molar-refractivity contribution in [3.05, 3.63) is 0 Å². The molecule has 3 nitrogen and oxygen atoms in total. The maximum Gasteiger partial charge on any atom is 0.320 e. The zero-order valence-electron chi connectivity index (χ0n) is 9.08. The van der Waals surface area contributed by atoms with E-state index >= 15 is 0 Å². The zero-order chi connectivity index (χ0) is 10.8. The fourth-order valence-corrected chi connectivity index (χ4v) is 1.65. The molecule has 0 aliphatic heterocycles. The van der Waals surface area contributed by atoms with E-state index in [1.165, 1.54) is 0 Å². The molecule has 0 spiro atoms. The summed E-state index contributed by atoms with van der Waals surface area (Å²) in [4.78, 5) is 10.8. The number of nitrogens with one attached hydrogen (secondary N) is 1. The van der Waals surface area contributed by atoms with Gasteiger partial charge in [0.1, 0.15) is 6.04 Å². The van der Waals surface area contributed by atoms with Crippen LogP contribution in [0, 0.1) is 0 Å². The van der Waals surface area contributed by atoms with Crippen molar-refractivity contribution in [1.82, 2.24) is 5.32 Å². The monoisotopic (exact) mass is 219 g/mol. The van der Waals surface area contributed by atoms with Crippen molar-refractivity contribution in [3.63, 3.8) is 0 Å². The van der Waals surface area contributed by atoms with Gasteiger partial charge in [-0.1, -0.05) is 19.8 Å². The molecule has 4 heteroatoms. The highest BCUT2D eigenvalue weighted by molar-refractivity contribution is 7.98. The number of hydrogen-bond donors (Lipinski definition) is 2. The number of carboxylic acid groups (broad SMARTS) is 1.